The fraction of sp³-hybridized carbons (Fsp3) is 0.423. The maximum Gasteiger partial charge on any atom is 0.251 e. The van der Waals surface area contributed by atoms with Crippen molar-refractivity contribution in [1.29, 1.82) is 5.26 Å². The molecule has 1 atom stereocenters. The van der Waals surface area contributed by atoms with Crippen LogP contribution in [0.5, 0.6) is 5.75 Å². The fourth-order valence-electron chi connectivity index (χ4n) is 4.18. The molecule has 0 radical (unpaired) electrons. The molecular formula is C26H32N4O3. The monoisotopic (exact) mass is 448 g/mol. The van der Waals surface area contributed by atoms with Gasteiger partial charge in [0.25, 0.3) is 5.91 Å². The molecule has 0 saturated heterocycles. The molecule has 0 aromatic heterocycles. The Kier molecular flexibility index (Phi) is 9.13. The highest BCUT2D eigenvalue weighted by Crippen LogP contribution is 2.27. The third kappa shape index (κ3) is 7.53. The van der Waals surface area contributed by atoms with E-state index in [1.54, 1.807) is 31.4 Å². The molecule has 3 N–H and O–H groups in total. The van der Waals surface area contributed by atoms with Crippen molar-refractivity contribution in [3.05, 3.63) is 59.7 Å². The van der Waals surface area contributed by atoms with Gasteiger partial charge in [0.15, 0.2) is 0 Å². The molecular weight excluding hydrogens is 416 g/mol. The average molecular weight is 449 g/mol. The van der Waals surface area contributed by atoms with Crippen molar-refractivity contribution in [3.63, 3.8) is 0 Å². The number of ether oxygens (including phenoxy) is 1. The van der Waals surface area contributed by atoms with Crippen molar-refractivity contribution in [2.75, 3.05) is 25.5 Å². The highest BCUT2D eigenvalue weighted by Gasteiger charge is 2.26. The SMILES string of the molecule is COc1ccc(NCCNC(=O)C(CC2CCCCC2)NC(=O)c2cccc(C#N)c2)cc1. The van der Waals surface area contributed by atoms with Gasteiger partial charge in [0, 0.05) is 24.3 Å². The summed E-state index contributed by atoms with van der Waals surface area (Å²) in [6, 6.07) is 15.6. The highest BCUT2D eigenvalue weighted by atomic mass is 16.5. The zero-order valence-electron chi connectivity index (χ0n) is 19.1. The quantitative estimate of drug-likeness (QED) is 0.479. The molecule has 174 valence electrons. The molecule has 2 aromatic carbocycles. The number of nitriles is 1. The number of amides is 2. The Labute approximate surface area is 195 Å². The maximum atomic E-state index is 13.0. The summed E-state index contributed by atoms with van der Waals surface area (Å²) in [4.78, 5) is 25.8. The number of nitrogens with zero attached hydrogens (tertiary/aromatic N) is 1. The molecule has 1 aliphatic carbocycles. The van der Waals surface area contributed by atoms with Gasteiger partial charge in [-0.2, -0.15) is 5.26 Å². The van der Waals surface area contributed by atoms with Gasteiger partial charge in [0.1, 0.15) is 11.8 Å². The standard InChI is InChI=1S/C26H32N4O3/c1-33-23-12-10-22(11-13-23)28-14-15-29-26(32)24(17-19-6-3-2-4-7-19)30-25(31)21-9-5-8-20(16-21)18-27/h5,8-13,16,19,24,28H,2-4,6-7,14-15,17H2,1H3,(H,29,32)(H,30,31). The zero-order chi connectivity index (χ0) is 23.5. The van der Waals surface area contributed by atoms with E-state index in [1.165, 1.54) is 19.3 Å². The van der Waals surface area contributed by atoms with E-state index in [9.17, 15) is 9.59 Å². The van der Waals surface area contributed by atoms with E-state index in [1.807, 2.05) is 30.3 Å². The zero-order valence-corrected chi connectivity index (χ0v) is 19.1. The molecule has 1 fully saturated rings. The Balaban J connectivity index is 1.56. The molecule has 1 aliphatic rings. The number of nitrogens with one attached hydrogen (secondary N) is 3. The predicted molar refractivity (Wildman–Crippen MR) is 128 cm³/mol. The summed E-state index contributed by atoms with van der Waals surface area (Å²) in [6.07, 6.45) is 6.37. The van der Waals surface area contributed by atoms with E-state index in [-0.39, 0.29) is 11.8 Å². The summed E-state index contributed by atoms with van der Waals surface area (Å²) >= 11 is 0. The molecule has 3 rings (SSSR count). The molecule has 7 nitrogen and oxygen atoms in total. The average Bonchev–Trinajstić information content (AvgIpc) is 2.87. The number of benzene rings is 2. The van der Waals surface area contributed by atoms with Crippen LogP contribution in [0.2, 0.25) is 0 Å². The van der Waals surface area contributed by atoms with E-state index in [4.69, 9.17) is 10.00 Å². The minimum Gasteiger partial charge on any atom is -0.497 e. The van der Waals surface area contributed by atoms with Crippen LogP contribution < -0.4 is 20.7 Å². The third-order valence-corrected chi connectivity index (χ3v) is 6.01. The molecule has 2 amide bonds. The Hall–Kier alpha value is -3.53. The molecule has 0 heterocycles. The number of carbonyl (C=O) groups excluding carboxylic acids is 2. The molecule has 0 aliphatic heterocycles. The lowest BCUT2D eigenvalue weighted by atomic mass is 9.84. The number of hydrogen-bond donors (Lipinski definition) is 3. The van der Waals surface area contributed by atoms with Gasteiger partial charge in [-0.1, -0.05) is 38.2 Å². The Morgan fingerprint density at radius 1 is 1.09 bits per heavy atom. The van der Waals surface area contributed by atoms with Crippen molar-refractivity contribution in [2.45, 2.75) is 44.6 Å². The van der Waals surface area contributed by atoms with Gasteiger partial charge >= 0.3 is 0 Å². The Bertz CT molecular complexity index is 962. The van der Waals surface area contributed by atoms with Crippen LogP contribution >= 0.6 is 0 Å². The van der Waals surface area contributed by atoms with Crippen LogP contribution in [0.4, 0.5) is 5.69 Å². The molecule has 1 unspecified atom stereocenters. The van der Waals surface area contributed by atoms with E-state index in [2.05, 4.69) is 16.0 Å². The lowest BCUT2D eigenvalue weighted by Gasteiger charge is -2.26. The first-order chi connectivity index (χ1) is 16.1. The van der Waals surface area contributed by atoms with Gasteiger partial charge in [-0.15, -0.1) is 0 Å². The van der Waals surface area contributed by atoms with Crippen LogP contribution in [0.1, 0.15) is 54.4 Å². The number of hydrogen-bond acceptors (Lipinski definition) is 5. The van der Waals surface area contributed by atoms with Gasteiger partial charge in [-0.3, -0.25) is 9.59 Å². The lowest BCUT2D eigenvalue weighted by molar-refractivity contribution is -0.123. The number of carbonyl (C=O) groups is 2. The minimum atomic E-state index is -0.604. The van der Waals surface area contributed by atoms with Gasteiger partial charge in [-0.05, 0) is 54.8 Å². The maximum absolute atomic E-state index is 13.0. The molecule has 7 heteroatoms. The largest absolute Gasteiger partial charge is 0.497 e. The first-order valence-corrected chi connectivity index (χ1v) is 11.6. The van der Waals surface area contributed by atoms with E-state index < -0.39 is 6.04 Å². The predicted octanol–water partition coefficient (Wildman–Crippen LogP) is 3.86. The normalized spacial score (nSPS) is 14.5. The smallest absolute Gasteiger partial charge is 0.251 e. The first-order valence-electron chi connectivity index (χ1n) is 11.6. The van der Waals surface area contributed by atoms with Crippen LogP contribution in [0.3, 0.4) is 0 Å². The summed E-state index contributed by atoms with van der Waals surface area (Å²) in [7, 11) is 1.63. The number of anilines is 1. The van der Waals surface area contributed by atoms with Crippen molar-refractivity contribution in [2.24, 2.45) is 5.92 Å². The van der Waals surface area contributed by atoms with E-state index in [0.29, 0.717) is 36.6 Å². The van der Waals surface area contributed by atoms with Crippen LogP contribution in [-0.2, 0) is 4.79 Å². The summed E-state index contributed by atoms with van der Waals surface area (Å²) in [5.41, 5.74) is 1.74. The van der Waals surface area contributed by atoms with Crippen LogP contribution in [0, 0.1) is 17.2 Å². The second-order valence-corrected chi connectivity index (χ2v) is 8.40. The second kappa shape index (κ2) is 12.5. The molecule has 0 spiro atoms. The summed E-state index contributed by atoms with van der Waals surface area (Å²) in [5.74, 6) is 0.703. The molecule has 2 aromatic rings. The molecule has 33 heavy (non-hydrogen) atoms. The van der Waals surface area contributed by atoms with Crippen LogP contribution in [-0.4, -0.2) is 38.1 Å². The Morgan fingerprint density at radius 3 is 2.55 bits per heavy atom. The molecule has 0 bridgehead atoms. The van der Waals surface area contributed by atoms with E-state index in [0.717, 1.165) is 24.3 Å². The Morgan fingerprint density at radius 2 is 1.85 bits per heavy atom. The van der Waals surface area contributed by atoms with Gasteiger partial charge in [0.2, 0.25) is 5.91 Å². The van der Waals surface area contributed by atoms with Gasteiger partial charge < -0.3 is 20.7 Å². The third-order valence-electron chi connectivity index (χ3n) is 6.01. The van der Waals surface area contributed by atoms with E-state index >= 15 is 0 Å². The number of rotatable bonds is 10. The van der Waals surface area contributed by atoms with Crippen molar-refractivity contribution in [3.8, 4) is 11.8 Å². The summed E-state index contributed by atoms with van der Waals surface area (Å²) < 4.78 is 5.16. The van der Waals surface area contributed by atoms with Gasteiger partial charge in [0.05, 0.1) is 18.7 Å². The molecule has 1 saturated carbocycles. The lowest BCUT2D eigenvalue weighted by Crippen LogP contribution is -2.48. The first kappa shape index (κ1) is 24.1. The fourth-order valence-corrected chi connectivity index (χ4v) is 4.18. The highest BCUT2D eigenvalue weighted by molar-refractivity contribution is 5.97. The second-order valence-electron chi connectivity index (χ2n) is 8.40. The summed E-state index contributed by atoms with van der Waals surface area (Å²) in [6.45, 7) is 0.998. The van der Waals surface area contributed by atoms with Crippen LogP contribution in [0.15, 0.2) is 48.5 Å². The van der Waals surface area contributed by atoms with Crippen molar-refractivity contribution < 1.29 is 14.3 Å². The van der Waals surface area contributed by atoms with Gasteiger partial charge in [-0.25, -0.2) is 0 Å². The van der Waals surface area contributed by atoms with Crippen molar-refractivity contribution in [1.82, 2.24) is 10.6 Å². The minimum absolute atomic E-state index is 0.179. The van der Waals surface area contributed by atoms with Crippen molar-refractivity contribution >= 4 is 17.5 Å². The number of methoxy groups -OCH3 is 1. The van der Waals surface area contributed by atoms with Crippen LogP contribution in [0.25, 0.3) is 0 Å². The summed E-state index contributed by atoms with van der Waals surface area (Å²) in [5, 5.41) is 18.2. The topological polar surface area (TPSA) is 103 Å².